The van der Waals surface area contributed by atoms with E-state index in [1.807, 2.05) is 25.1 Å². The number of ether oxygens (including phenoxy) is 1. The quantitative estimate of drug-likeness (QED) is 0.757. The molecule has 5 heteroatoms. The third kappa shape index (κ3) is 3.73. The lowest BCUT2D eigenvalue weighted by Crippen LogP contribution is -2.43. The van der Waals surface area contributed by atoms with E-state index in [0.29, 0.717) is 37.6 Å². The number of hydrogen-bond acceptors (Lipinski definition) is 3. The van der Waals surface area contributed by atoms with Crippen LogP contribution in [0.2, 0.25) is 0 Å². The lowest BCUT2D eigenvalue weighted by molar-refractivity contribution is 0.0564. The number of rotatable bonds is 1. The minimum Gasteiger partial charge on any atom is -0.384 e. The summed E-state index contributed by atoms with van der Waals surface area (Å²) in [6.07, 6.45) is 0. The highest BCUT2D eigenvalue weighted by atomic mass is 16.5. The van der Waals surface area contributed by atoms with Crippen molar-refractivity contribution >= 4 is 11.7 Å². The van der Waals surface area contributed by atoms with E-state index in [4.69, 9.17) is 9.84 Å². The molecule has 0 radical (unpaired) electrons. The molecule has 0 atom stereocenters. The number of nitrogens with one attached hydrogen (secondary N) is 1. The molecule has 0 saturated carbocycles. The summed E-state index contributed by atoms with van der Waals surface area (Å²) >= 11 is 0. The average molecular weight is 274 g/mol. The maximum absolute atomic E-state index is 12.2. The van der Waals surface area contributed by atoms with Gasteiger partial charge in [-0.25, -0.2) is 4.79 Å². The van der Waals surface area contributed by atoms with Crippen LogP contribution in [0, 0.1) is 18.8 Å². The first-order valence-electron chi connectivity index (χ1n) is 6.55. The van der Waals surface area contributed by atoms with Gasteiger partial charge in [-0.1, -0.05) is 17.9 Å². The lowest BCUT2D eigenvalue weighted by Gasteiger charge is -2.27. The van der Waals surface area contributed by atoms with Crippen molar-refractivity contribution in [1.82, 2.24) is 4.90 Å². The van der Waals surface area contributed by atoms with Gasteiger partial charge in [0.1, 0.15) is 6.61 Å². The maximum Gasteiger partial charge on any atom is 0.322 e. The Morgan fingerprint density at radius 2 is 2.20 bits per heavy atom. The molecule has 2 N–H and O–H groups in total. The molecular weight excluding hydrogens is 256 g/mol. The van der Waals surface area contributed by atoms with Gasteiger partial charge < -0.3 is 20.1 Å². The van der Waals surface area contributed by atoms with Crippen LogP contribution in [0.4, 0.5) is 10.5 Å². The summed E-state index contributed by atoms with van der Waals surface area (Å²) in [7, 11) is 0. The molecule has 20 heavy (non-hydrogen) atoms. The van der Waals surface area contributed by atoms with Crippen LogP contribution in [0.15, 0.2) is 18.2 Å². The van der Waals surface area contributed by atoms with Gasteiger partial charge in [0.2, 0.25) is 0 Å². The SMILES string of the molecule is Cc1ccc(C#CCO)c(NC(=O)N2CCOCC2)c1. The number of amides is 2. The zero-order valence-electron chi connectivity index (χ0n) is 11.5. The van der Waals surface area contributed by atoms with Gasteiger partial charge in [0.05, 0.1) is 18.9 Å². The van der Waals surface area contributed by atoms with Crippen LogP contribution in [0.3, 0.4) is 0 Å². The molecule has 2 rings (SSSR count). The second-order valence-corrected chi connectivity index (χ2v) is 4.54. The molecule has 2 amide bonds. The summed E-state index contributed by atoms with van der Waals surface area (Å²) in [6.45, 7) is 4.07. The molecule has 1 aromatic carbocycles. The molecule has 1 saturated heterocycles. The van der Waals surface area contributed by atoms with E-state index in [-0.39, 0.29) is 12.6 Å². The van der Waals surface area contributed by atoms with Crippen LogP contribution in [-0.2, 0) is 4.74 Å². The van der Waals surface area contributed by atoms with Crippen LogP contribution in [0.25, 0.3) is 0 Å². The van der Waals surface area contributed by atoms with Crippen molar-refractivity contribution < 1.29 is 14.6 Å². The second-order valence-electron chi connectivity index (χ2n) is 4.54. The Kier molecular flexibility index (Phi) is 4.99. The van der Waals surface area contributed by atoms with Crippen LogP contribution >= 0.6 is 0 Å². The minimum absolute atomic E-state index is 0.147. The van der Waals surface area contributed by atoms with E-state index in [1.54, 1.807) is 4.90 Å². The van der Waals surface area contributed by atoms with Crippen molar-refractivity contribution in [3.63, 3.8) is 0 Å². The van der Waals surface area contributed by atoms with Gasteiger partial charge in [-0.05, 0) is 24.6 Å². The number of urea groups is 1. The predicted molar refractivity (Wildman–Crippen MR) is 76.6 cm³/mol. The Bertz CT molecular complexity index is 540. The Balaban J connectivity index is 2.14. The molecule has 5 nitrogen and oxygen atoms in total. The van der Waals surface area contributed by atoms with Gasteiger partial charge in [0.25, 0.3) is 0 Å². The topological polar surface area (TPSA) is 61.8 Å². The van der Waals surface area contributed by atoms with Crippen molar-refractivity contribution in [1.29, 1.82) is 0 Å². The Morgan fingerprint density at radius 3 is 2.90 bits per heavy atom. The third-order valence-corrected chi connectivity index (χ3v) is 3.02. The Hall–Kier alpha value is -2.03. The number of aliphatic hydroxyl groups excluding tert-OH is 1. The molecule has 0 spiro atoms. The largest absolute Gasteiger partial charge is 0.384 e. The van der Waals surface area contributed by atoms with Crippen LogP contribution in [0.1, 0.15) is 11.1 Å². The van der Waals surface area contributed by atoms with E-state index in [1.165, 1.54) is 0 Å². The summed E-state index contributed by atoms with van der Waals surface area (Å²) in [5, 5.41) is 11.7. The third-order valence-electron chi connectivity index (χ3n) is 3.02. The number of aryl methyl sites for hydroxylation is 1. The molecule has 1 heterocycles. The van der Waals surface area contributed by atoms with Gasteiger partial charge in [-0.3, -0.25) is 0 Å². The number of benzene rings is 1. The van der Waals surface area contributed by atoms with E-state index in [2.05, 4.69) is 17.2 Å². The fourth-order valence-corrected chi connectivity index (χ4v) is 1.97. The first-order chi connectivity index (χ1) is 9.70. The van der Waals surface area contributed by atoms with Crippen molar-refractivity contribution in [3.05, 3.63) is 29.3 Å². The number of carbonyl (C=O) groups is 1. The average Bonchev–Trinajstić information content (AvgIpc) is 2.47. The molecular formula is C15H18N2O3. The first kappa shape index (κ1) is 14.4. The van der Waals surface area contributed by atoms with Crippen molar-refractivity contribution in [2.24, 2.45) is 0 Å². The minimum atomic E-state index is -0.204. The molecule has 0 aromatic heterocycles. The molecule has 1 aliphatic heterocycles. The molecule has 0 bridgehead atoms. The predicted octanol–water partition coefficient (Wildman–Crippen LogP) is 1.20. The van der Waals surface area contributed by atoms with E-state index >= 15 is 0 Å². The highest BCUT2D eigenvalue weighted by Gasteiger charge is 2.17. The fraction of sp³-hybridized carbons (Fsp3) is 0.400. The number of carbonyl (C=O) groups excluding carboxylic acids is 1. The molecule has 106 valence electrons. The van der Waals surface area contributed by atoms with Gasteiger partial charge in [-0.2, -0.15) is 0 Å². The monoisotopic (exact) mass is 274 g/mol. The highest BCUT2D eigenvalue weighted by Crippen LogP contribution is 2.17. The smallest absolute Gasteiger partial charge is 0.322 e. The maximum atomic E-state index is 12.2. The Labute approximate surface area is 118 Å². The highest BCUT2D eigenvalue weighted by molar-refractivity contribution is 5.91. The van der Waals surface area contributed by atoms with Crippen molar-refractivity contribution in [2.75, 3.05) is 38.2 Å². The van der Waals surface area contributed by atoms with Crippen LogP contribution in [0.5, 0.6) is 0 Å². The number of nitrogens with zero attached hydrogens (tertiary/aromatic N) is 1. The first-order valence-corrected chi connectivity index (χ1v) is 6.55. The van der Waals surface area contributed by atoms with Gasteiger partial charge in [-0.15, -0.1) is 0 Å². The van der Waals surface area contributed by atoms with Crippen molar-refractivity contribution in [2.45, 2.75) is 6.92 Å². The standard InChI is InChI=1S/C15H18N2O3/c1-12-4-5-13(3-2-8-18)14(11-12)16-15(19)17-6-9-20-10-7-17/h4-5,11,18H,6-10H2,1H3,(H,16,19). The zero-order chi connectivity index (χ0) is 14.4. The Morgan fingerprint density at radius 1 is 1.45 bits per heavy atom. The second kappa shape index (κ2) is 6.94. The van der Waals surface area contributed by atoms with Gasteiger partial charge in [0, 0.05) is 18.7 Å². The number of morpholine rings is 1. The number of anilines is 1. The van der Waals surface area contributed by atoms with Gasteiger partial charge >= 0.3 is 6.03 Å². The molecule has 1 aromatic rings. The summed E-state index contributed by atoms with van der Waals surface area (Å²) in [4.78, 5) is 13.9. The summed E-state index contributed by atoms with van der Waals surface area (Å²) in [5.74, 6) is 5.44. The van der Waals surface area contributed by atoms with E-state index in [0.717, 1.165) is 5.56 Å². The van der Waals surface area contributed by atoms with Crippen LogP contribution in [-0.4, -0.2) is 48.9 Å². The number of hydrogen-bond donors (Lipinski definition) is 2. The number of aliphatic hydroxyl groups is 1. The summed E-state index contributed by atoms with van der Waals surface area (Å²) in [5.41, 5.74) is 2.41. The van der Waals surface area contributed by atoms with E-state index < -0.39 is 0 Å². The van der Waals surface area contributed by atoms with E-state index in [9.17, 15) is 4.79 Å². The molecule has 1 aliphatic rings. The lowest BCUT2D eigenvalue weighted by atomic mass is 10.1. The zero-order valence-corrected chi connectivity index (χ0v) is 11.5. The van der Waals surface area contributed by atoms with Gasteiger partial charge in [0.15, 0.2) is 0 Å². The van der Waals surface area contributed by atoms with Crippen LogP contribution < -0.4 is 5.32 Å². The molecule has 0 aliphatic carbocycles. The van der Waals surface area contributed by atoms with Crippen molar-refractivity contribution in [3.8, 4) is 11.8 Å². The normalized spacial score (nSPS) is 14.4. The molecule has 1 fully saturated rings. The fourth-order valence-electron chi connectivity index (χ4n) is 1.97. The summed E-state index contributed by atoms with van der Waals surface area (Å²) < 4.78 is 5.22. The molecule has 0 unspecified atom stereocenters. The summed E-state index contributed by atoms with van der Waals surface area (Å²) in [6, 6.07) is 5.49.